The van der Waals surface area contributed by atoms with E-state index in [4.69, 9.17) is 0 Å². The predicted molar refractivity (Wildman–Crippen MR) is 108 cm³/mol. The van der Waals surface area contributed by atoms with Crippen LogP contribution in [-0.2, 0) is 13.0 Å². The molecule has 1 aromatic carbocycles. The first-order valence-electron chi connectivity index (χ1n) is 9.48. The largest absolute Gasteiger partial charge is 0.389 e. The highest BCUT2D eigenvalue weighted by atomic mass is 16.3. The first-order valence-corrected chi connectivity index (χ1v) is 9.48. The highest BCUT2D eigenvalue weighted by Gasteiger charge is 2.24. The normalized spacial score (nSPS) is 14.9. The van der Waals surface area contributed by atoms with Crippen LogP contribution in [0.3, 0.4) is 0 Å². The molecule has 0 fully saturated rings. The lowest BCUT2D eigenvalue weighted by Gasteiger charge is -2.33. The molecule has 0 saturated carbocycles. The minimum atomic E-state index is -0.724. The topological polar surface area (TPSA) is 94.1 Å². The van der Waals surface area contributed by atoms with Gasteiger partial charge in [0.1, 0.15) is 5.82 Å². The number of rotatable bonds is 4. The molecule has 0 atom stereocenters. The Morgan fingerprint density at radius 1 is 1.36 bits per heavy atom. The van der Waals surface area contributed by atoms with Gasteiger partial charge in [0.2, 0.25) is 0 Å². The van der Waals surface area contributed by atoms with Crippen molar-refractivity contribution in [3.05, 3.63) is 53.0 Å². The molecule has 3 heterocycles. The van der Waals surface area contributed by atoms with Crippen LogP contribution in [0.2, 0.25) is 0 Å². The fourth-order valence-corrected chi connectivity index (χ4v) is 3.87. The Labute approximate surface area is 163 Å². The number of amides is 1. The zero-order valence-corrected chi connectivity index (χ0v) is 16.4. The molecule has 0 saturated heterocycles. The van der Waals surface area contributed by atoms with Crippen LogP contribution in [0.1, 0.15) is 41.2 Å². The number of pyridine rings is 1. The second kappa shape index (κ2) is 7.00. The molecule has 28 heavy (non-hydrogen) atoms. The quantitative estimate of drug-likeness (QED) is 0.648. The standard InChI is InChI=1S/C21H25N5O2/c1-13-23-18-16(7-9-22-19(18)24-13)20(27)25-17-6-4-5-14-11-26(10-8-15(14)17)12-21(2,3)28/h4-7,9,28H,8,10-12H2,1-3H3,(H,25,27)(H,22,23,24). The number of imidazole rings is 1. The molecule has 146 valence electrons. The average Bonchev–Trinajstić information content (AvgIpc) is 3.00. The van der Waals surface area contributed by atoms with Crippen molar-refractivity contribution in [2.45, 2.75) is 39.3 Å². The second-order valence-electron chi connectivity index (χ2n) is 8.05. The third-order valence-electron chi connectivity index (χ3n) is 4.96. The molecular formula is C21H25N5O2. The molecule has 1 aliphatic heterocycles. The minimum Gasteiger partial charge on any atom is -0.389 e. The number of anilines is 1. The zero-order chi connectivity index (χ0) is 19.9. The van der Waals surface area contributed by atoms with Crippen molar-refractivity contribution in [1.82, 2.24) is 19.9 Å². The van der Waals surface area contributed by atoms with E-state index in [0.717, 1.165) is 36.6 Å². The van der Waals surface area contributed by atoms with E-state index < -0.39 is 5.60 Å². The Balaban J connectivity index is 1.58. The van der Waals surface area contributed by atoms with Crippen molar-refractivity contribution in [3.63, 3.8) is 0 Å². The molecule has 1 aliphatic rings. The first-order chi connectivity index (χ1) is 13.3. The van der Waals surface area contributed by atoms with E-state index in [-0.39, 0.29) is 5.91 Å². The van der Waals surface area contributed by atoms with Crippen molar-refractivity contribution in [2.75, 3.05) is 18.4 Å². The summed E-state index contributed by atoms with van der Waals surface area (Å²) in [6, 6.07) is 7.70. The van der Waals surface area contributed by atoms with Crippen LogP contribution in [0.15, 0.2) is 30.5 Å². The van der Waals surface area contributed by atoms with Gasteiger partial charge in [-0.15, -0.1) is 0 Å². The van der Waals surface area contributed by atoms with Crippen LogP contribution in [0.4, 0.5) is 5.69 Å². The van der Waals surface area contributed by atoms with E-state index in [1.165, 1.54) is 5.56 Å². The number of hydrogen-bond acceptors (Lipinski definition) is 5. The van der Waals surface area contributed by atoms with Gasteiger partial charge in [-0.1, -0.05) is 12.1 Å². The lowest BCUT2D eigenvalue weighted by atomic mass is 9.96. The van der Waals surface area contributed by atoms with Crippen molar-refractivity contribution < 1.29 is 9.90 Å². The number of aromatic amines is 1. The van der Waals surface area contributed by atoms with Crippen LogP contribution in [-0.4, -0.2) is 49.6 Å². The SMILES string of the molecule is Cc1nc2nccc(C(=O)Nc3cccc4c3CCN(CC(C)(C)O)C4)c2[nH]1. The fraction of sp³-hybridized carbons (Fsp3) is 0.381. The Morgan fingerprint density at radius 3 is 2.96 bits per heavy atom. The van der Waals surface area contributed by atoms with E-state index in [2.05, 4.69) is 31.2 Å². The molecule has 0 aliphatic carbocycles. The van der Waals surface area contributed by atoms with E-state index in [1.807, 2.05) is 32.9 Å². The van der Waals surface area contributed by atoms with Crippen LogP contribution >= 0.6 is 0 Å². The number of fused-ring (bicyclic) bond motifs is 2. The maximum Gasteiger partial charge on any atom is 0.257 e. The van der Waals surface area contributed by atoms with Gasteiger partial charge in [-0.2, -0.15) is 0 Å². The average molecular weight is 379 g/mol. The Morgan fingerprint density at radius 2 is 2.18 bits per heavy atom. The first kappa shape index (κ1) is 18.6. The number of nitrogens with one attached hydrogen (secondary N) is 2. The van der Waals surface area contributed by atoms with Gasteiger partial charge in [0, 0.05) is 31.5 Å². The maximum absolute atomic E-state index is 12.9. The third-order valence-corrected chi connectivity index (χ3v) is 4.96. The zero-order valence-electron chi connectivity index (χ0n) is 16.4. The molecule has 7 nitrogen and oxygen atoms in total. The number of carbonyl (C=O) groups is 1. The number of aryl methyl sites for hydroxylation is 1. The Bertz CT molecular complexity index is 1030. The molecule has 2 aromatic heterocycles. The molecule has 1 amide bonds. The second-order valence-corrected chi connectivity index (χ2v) is 8.05. The maximum atomic E-state index is 12.9. The fourth-order valence-electron chi connectivity index (χ4n) is 3.87. The van der Waals surface area contributed by atoms with Crippen LogP contribution < -0.4 is 5.32 Å². The van der Waals surface area contributed by atoms with E-state index in [1.54, 1.807) is 12.3 Å². The van der Waals surface area contributed by atoms with Crippen molar-refractivity contribution >= 4 is 22.8 Å². The van der Waals surface area contributed by atoms with Crippen LogP contribution in [0.25, 0.3) is 11.2 Å². The van der Waals surface area contributed by atoms with E-state index in [9.17, 15) is 9.90 Å². The monoisotopic (exact) mass is 379 g/mol. The summed E-state index contributed by atoms with van der Waals surface area (Å²) in [5, 5.41) is 13.2. The summed E-state index contributed by atoms with van der Waals surface area (Å²) in [5.74, 6) is 0.551. The predicted octanol–water partition coefficient (Wildman–Crippen LogP) is 2.65. The summed E-state index contributed by atoms with van der Waals surface area (Å²) in [6.45, 7) is 7.73. The van der Waals surface area contributed by atoms with Gasteiger partial charge in [0.25, 0.3) is 5.91 Å². The van der Waals surface area contributed by atoms with Crippen molar-refractivity contribution in [2.24, 2.45) is 0 Å². The third kappa shape index (κ3) is 3.76. The lowest BCUT2D eigenvalue weighted by Crippen LogP contribution is -2.41. The number of aliphatic hydroxyl groups is 1. The number of β-amino-alcohol motifs (C(OH)–C–C–N with tert-alkyl or cyclic N) is 1. The summed E-state index contributed by atoms with van der Waals surface area (Å²) in [7, 11) is 0. The number of carbonyl (C=O) groups excluding carboxylic acids is 1. The molecule has 7 heteroatoms. The molecule has 0 radical (unpaired) electrons. The van der Waals surface area contributed by atoms with Gasteiger partial charge in [-0.05, 0) is 50.5 Å². The molecule has 0 spiro atoms. The smallest absolute Gasteiger partial charge is 0.257 e. The van der Waals surface area contributed by atoms with Crippen LogP contribution in [0, 0.1) is 6.92 Å². The van der Waals surface area contributed by atoms with Crippen LogP contribution in [0.5, 0.6) is 0 Å². The minimum absolute atomic E-state index is 0.177. The number of aromatic nitrogens is 3. The van der Waals surface area contributed by atoms with Gasteiger partial charge in [0.05, 0.1) is 16.7 Å². The molecule has 3 aromatic rings. The number of H-pyrrole nitrogens is 1. The van der Waals surface area contributed by atoms with Gasteiger partial charge in [-0.25, -0.2) is 9.97 Å². The van der Waals surface area contributed by atoms with Gasteiger partial charge < -0.3 is 15.4 Å². The summed E-state index contributed by atoms with van der Waals surface area (Å²) in [5.41, 5.74) is 4.19. The number of nitrogens with zero attached hydrogens (tertiary/aromatic N) is 3. The molecule has 4 rings (SSSR count). The summed E-state index contributed by atoms with van der Waals surface area (Å²) in [4.78, 5) is 26.8. The molecule has 0 unspecified atom stereocenters. The molecular weight excluding hydrogens is 354 g/mol. The Kier molecular flexibility index (Phi) is 4.64. The number of hydrogen-bond donors (Lipinski definition) is 3. The van der Waals surface area contributed by atoms with Gasteiger partial charge in [-0.3, -0.25) is 9.69 Å². The van der Waals surface area contributed by atoms with Crippen molar-refractivity contribution in [3.8, 4) is 0 Å². The highest BCUT2D eigenvalue weighted by molar-refractivity contribution is 6.11. The highest BCUT2D eigenvalue weighted by Crippen LogP contribution is 2.28. The summed E-state index contributed by atoms with van der Waals surface area (Å²) < 4.78 is 0. The van der Waals surface area contributed by atoms with Gasteiger partial charge in [0.15, 0.2) is 5.65 Å². The lowest BCUT2D eigenvalue weighted by molar-refractivity contribution is 0.0318. The van der Waals surface area contributed by atoms with E-state index >= 15 is 0 Å². The molecule has 3 N–H and O–H groups in total. The van der Waals surface area contributed by atoms with E-state index in [0.29, 0.717) is 23.3 Å². The Hall–Kier alpha value is -2.77. The van der Waals surface area contributed by atoms with Gasteiger partial charge >= 0.3 is 0 Å². The summed E-state index contributed by atoms with van der Waals surface area (Å²) >= 11 is 0. The molecule has 0 bridgehead atoms. The van der Waals surface area contributed by atoms with Crippen molar-refractivity contribution in [1.29, 1.82) is 0 Å². The summed E-state index contributed by atoms with van der Waals surface area (Å²) in [6.07, 6.45) is 2.43. The number of benzene rings is 1.